The minimum absolute atomic E-state index is 0.0696. The maximum absolute atomic E-state index is 11.8. The van der Waals surface area contributed by atoms with E-state index in [-0.39, 0.29) is 23.0 Å². The van der Waals surface area contributed by atoms with Crippen LogP contribution < -0.4 is 14.7 Å². The molecule has 1 atom stereocenters. The van der Waals surface area contributed by atoms with Gasteiger partial charge in [0, 0.05) is 23.9 Å². The number of hydrogen-bond acceptors (Lipinski definition) is 5. The molecular weight excluding hydrogens is 322 g/mol. The zero-order valence-electron chi connectivity index (χ0n) is 14.4. The molecule has 0 aromatic heterocycles. The molecule has 0 aliphatic heterocycles. The van der Waals surface area contributed by atoms with Crippen molar-refractivity contribution >= 4 is 11.9 Å². The van der Waals surface area contributed by atoms with Gasteiger partial charge in [0.1, 0.15) is 11.8 Å². The number of quaternary nitrogens is 1. The molecule has 0 aliphatic carbocycles. The van der Waals surface area contributed by atoms with Crippen molar-refractivity contribution < 1.29 is 19.7 Å². The minimum atomic E-state index is -0.528. The first-order chi connectivity index (χ1) is 11.9. The third-order valence-corrected chi connectivity index (χ3v) is 3.92. The molecule has 0 spiro atoms. The van der Waals surface area contributed by atoms with Crippen molar-refractivity contribution in [3.63, 3.8) is 0 Å². The van der Waals surface area contributed by atoms with Crippen molar-refractivity contribution in [1.29, 1.82) is 0 Å². The topological polar surface area (TPSA) is 92.2 Å². The lowest BCUT2D eigenvalue weighted by atomic mass is 10.1. The molecule has 1 N–H and O–H groups in total. The summed E-state index contributed by atoms with van der Waals surface area (Å²) in [6, 6.07) is 11.5. The first-order valence-corrected chi connectivity index (χ1v) is 7.81. The smallest absolute Gasteiger partial charge is 0.270 e. The van der Waals surface area contributed by atoms with Crippen LogP contribution in [0.5, 0.6) is 11.5 Å². The van der Waals surface area contributed by atoms with E-state index in [2.05, 4.69) is 4.99 Å². The summed E-state index contributed by atoms with van der Waals surface area (Å²) in [6.45, 7) is 0.442. The number of rotatable bonds is 7. The second-order valence-corrected chi connectivity index (χ2v) is 5.88. The van der Waals surface area contributed by atoms with Gasteiger partial charge in [0.05, 0.1) is 32.7 Å². The summed E-state index contributed by atoms with van der Waals surface area (Å²) >= 11 is 0. The SMILES string of the molecule is COc1cccc([C@@H](CN=Cc2cc([N+](=O)[O-])ccc2[O-])[NH+](C)C)c1. The number of non-ortho nitro benzene ring substituents is 1. The van der Waals surface area contributed by atoms with Gasteiger partial charge in [0.25, 0.3) is 5.69 Å². The fourth-order valence-electron chi connectivity index (χ4n) is 2.49. The van der Waals surface area contributed by atoms with Crippen molar-refractivity contribution in [3.8, 4) is 11.5 Å². The number of ether oxygens (including phenoxy) is 1. The first-order valence-electron chi connectivity index (χ1n) is 7.81. The van der Waals surface area contributed by atoms with Crippen LogP contribution in [0.4, 0.5) is 5.69 Å². The van der Waals surface area contributed by atoms with Gasteiger partial charge in [-0.25, -0.2) is 0 Å². The third-order valence-electron chi connectivity index (χ3n) is 3.92. The van der Waals surface area contributed by atoms with Crippen LogP contribution in [0, 0.1) is 10.1 Å². The first kappa shape index (κ1) is 18.4. The van der Waals surface area contributed by atoms with Crippen molar-refractivity contribution in [2.75, 3.05) is 27.7 Å². The number of nitro benzene ring substituents is 1. The van der Waals surface area contributed by atoms with Gasteiger partial charge in [0.2, 0.25) is 0 Å². The van der Waals surface area contributed by atoms with Gasteiger partial charge >= 0.3 is 0 Å². The van der Waals surface area contributed by atoms with Gasteiger partial charge < -0.3 is 14.7 Å². The fraction of sp³-hybridized carbons (Fsp3) is 0.278. The number of likely N-dealkylation sites (N-methyl/N-ethyl adjacent to an activating group) is 1. The highest BCUT2D eigenvalue weighted by atomic mass is 16.6. The molecule has 132 valence electrons. The predicted octanol–water partition coefficient (Wildman–Crippen LogP) is 0.982. The van der Waals surface area contributed by atoms with Crippen molar-refractivity contribution in [2.24, 2.45) is 4.99 Å². The van der Waals surface area contributed by atoms with Crippen LogP contribution >= 0.6 is 0 Å². The Morgan fingerprint density at radius 2 is 2.04 bits per heavy atom. The predicted molar refractivity (Wildman–Crippen MR) is 93.5 cm³/mol. The van der Waals surface area contributed by atoms with Crippen molar-refractivity contribution in [2.45, 2.75) is 6.04 Å². The number of hydrogen-bond donors (Lipinski definition) is 1. The summed E-state index contributed by atoms with van der Waals surface area (Å²) in [5.74, 6) is 0.484. The molecule has 7 nitrogen and oxygen atoms in total. The van der Waals surface area contributed by atoms with Gasteiger partial charge in [-0.1, -0.05) is 23.9 Å². The number of nitrogens with zero attached hydrogens (tertiary/aromatic N) is 2. The zero-order valence-corrected chi connectivity index (χ0v) is 14.4. The molecule has 0 unspecified atom stereocenters. The Morgan fingerprint density at radius 1 is 1.28 bits per heavy atom. The van der Waals surface area contributed by atoms with Gasteiger partial charge in [-0.2, -0.15) is 0 Å². The van der Waals surface area contributed by atoms with E-state index in [0.29, 0.717) is 6.54 Å². The summed E-state index contributed by atoms with van der Waals surface area (Å²) in [6.07, 6.45) is 1.41. The molecule has 25 heavy (non-hydrogen) atoms. The summed E-state index contributed by atoms with van der Waals surface area (Å²) in [7, 11) is 5.66. The van der Waals surface area contributed by atoms with Crippen LogP contribution in [0.15, 0.2) is 47.5 Å². The monoisotopic (exact) mass is 343 g/mol. The Bertz CT molecular complexity index is 775. The van der Waals surface area contributed by atoms with Crippen molar-refractivity contribution in [1.82, 2.24) is 0 Å². The van der Waals surface area contributed by atoms with Crippen LogP contribution in [0.1, 0.15) is 17.2 Å². The normalized spacial score (nSPS) is 12.5. The van der Waals surface area contributed by atoms with E-state index in [4.69, 9.17) is 4.74 Å². The van der Waals surface area contributed by atoms with Gasteiger partial charge in [-0.3, -0.25) is 15.1 Å². The molecule has 2 aromatic rings. The standard InChI is InChI=1S/C18H21N3O4/c1-20(2)17(13-5-4-6-16(10-13)25-3)12-19-11-14-9-15(21(23)24)7-8-18(14)22/h4-11,17,22H,12H2,1-3H3/t17-/m1/s1. The van der Waals surface area contributed by atoms with Gasteiger partial charge in [0.15, 0.2) is 0 Å². The lowest BCUT2D eigenvalue weighted by molar-refractivity contribution is -0.890. The molecule has 0 bridgehead atoms. The molecule has 0 saturated heterocycles. The quantitative estimate of drug-likeness (QED) is 0.461. The summed E-state index contributed by atoms with van der Waals surface area (Å²) in [5, 5.41) is 22.6. The largest absolute Gasteiger partial charge is 0.872 e. The fourth-order valence-corrected chi connectivity index (χ4v) is 2.49. The van der Waals surface area contributed by atoms with Gasteiger partial charge in [-0.05, 0) is 17.7 Å². The van der Waals surface area contributed by atoms with Crippen LogP contribution in [0.3, 0.4) is 0 Å². The van der Waals surface area contributed by atoms with E-state index in [1.165, 1.54) is 29.3 Å². The molecule has 2 rings (SSSR count). The molecule has 0 heterocycles. The van der Waals surface area contributed by atoms with E-state index < -0.39 is 4.92 Å². The Kier molecular flexibility index (Phi) is 6.08. The molecular formula is C18H21N3O4. The number of aliphatic imine (C=N–C) groups is 1. The van der Waals surface area contributed by atoms with Gasteiger partial charge in [-0.15, -0.1) is 0 Å². The summed E-state index contributed by atoms with van der Waals surface area (Å²) in [4.78, 5) is 15.8. The van der Waals surface area contributed by atoms with E-state index in [1.807, 2.05) is 38.4 Å². The number of nitro groups is 1. The highest BCUT2D eigenvalue weighted by Crippen LogP contribution is 2.20. The van der Waals surface area contributed by atoms with Crippen LogP contribution in [-0.4, -0.2) is 38.9 Å². The Balaban J connectivity index is 2.20. The average molecular weight is 343 g/mol. The van der Waals surface area contributed by atoms with E-state index in [9.17, 15) is 15.2 Å². The van der Waals surface area contributed by atoms with E-state index >= 15 is 0 Å². The molecule has 0 amide bonds. The maximum Gasteiger partial charge on any atom is 0.270 e. The number of benzene rings is 2. The van der Waals surface area contributed by atoms with E-state index in [0.717, 1.165) is 11.3 Å². The average Bonchev–Trinajstić information content (AvgIpc) is 2.59. The molecule has 0 saturated carbocycles. The summed E-state index contributed by atoms with van der Waals surface area (Å²) in [5.41, 5.74) is 1.16. The molecule has 0 fully saturated rings. The minimum Gasteiger partial charge on any atom is -0.872 e. The maximum atomic E-state index is 11.8. The number of nitrogens with one attached hydrogen (secondary N) is 1. The lowest BCUT2D eigenvalue weighted by Crippen LogP contribution is -3.06. The highest BCUT2D eigenvalue weighted by Gasteiger charge is 2.17. The van der Waals surface area contributed by atoms with Crippen LogP contribution in [-0.2, 0) is 0 Å². The van der Waals surface area contributed by atoms with Crippen LogP contribution in [0.25, 0.3) is 0 Å². The summed E-state index contributed by atoms with van der Waals surface area (Å²) < 4.78 is 5.26. The molecule has 0 radical (unpaired) electrons. The lowest BCUT2D eigenvalue weighted by Gasteiger charge is -2.20. The Hall–Kier alpha value is -2.93. The Morgan fingerprint density at radius 3 is 2.68 bits per heavy atom. The second kappa shape index (κ2) is 8.25. The second-order valence-electron chi connectivity index (χ2n) is 5.88. The molecule has 2 aromatic carbocycles. The zero-order chi connectivity index (χ0) is 18.4. The third kappa shape index (κ3) is 4.77. The molecule has 7 heteroatoms. The van der Waals surface area contributed by atoms with E-state index in [1.54, 1.807) is 7.11 Å². The number of methoxy groups -OCH3 is 1. The van der Waals surface area contributed by atoms with Crippen LogP contribution in [0.2, 0.25) is 0 Å². The Labute approximate surface area is 146 Å². The molecule has 0 aliphatic rings. The highest BCUT2D eigenvalue weighted by molar-refractivity contribution is 5.84. The van der Waals surface area contributed by atoms with Crippen molar-refractivity contribution in [3.05, 3.63) is 63.7 Å².